The van der Waals surface area contributed by atoms with Gasteiger partial charge in [-0.2, -0.15) is 0 Å². The Hall–Kier alpha value is -1.82. The van der Waals surface area contributed by atoms with Crippen LogP contribution in [0.5, 0.6) is 0 Å². The molecule has 1 aliphatic rings. The predicted octanol–water partition coefficient (Wildman–Crippen LogP) is 6.00. The Morgan fingerprint density at radius 1 is 1.26 bits per heavy atom. The highest BCUT2D eigenvalue weighted by atomic mass is 35.5. The molecule has 0 fully saturated rings. The first kappa shape index (κ1) is 27.4. The van der Waals surface area contributed by atoms with E-state index in [0.717, 1.165) is 5.57 Å². The number of amides is 1. The quantitative estimate of drug-likeness (QED) is 0.335. The third-order valence-electron chi connectivity index (χ3n) is 3.05. The van der Waals surface area contributed by atoms with Crippen LogP contribution in [0.15, 0.2) is 35.6 Å². The lowest BCUT2D eigenvalue weighted by atomic mass is 10.0. The van der Waals surface area contributed by atoms with Gasteiger partial charge in [0.1, 0.15) is 5.60 Å². The molecule has 0 saturated carbocycles. The molecule has 0 radical (unpaired) electrons. The van der Waals surface area contributed by atoms with Crippen LogP contribution in [0.25, 0.3) is 0 Å². The van der Waals surface area contributed by atoms with Crippen LogP contribution in [0, 0.1) is 10.1 Å². The molecule has 0 bridgehead atoms. The van der Waals surface area contributed by atoms with Crippen molar-refractivity contribution in [1.29, 1.82) is 0 Å². The van der Waals surface area contributed by atoms with Crippen LogP contribution >= 0.6 is 11.6 Å². The summed E-state index contributed by atoms with van der Waals surface area (Å²) in [4.78, 5) is 22.3. The Bertz CT molecular complexity index is 535. The minimum atomic E-state index is -0.568. The smallest absolute Gasteiger partial charge is 0.407 e. The number of carbonyl (C=O) groups is 1. The second kappa shape index (κ2) is 15.3. The van der Waals surface area contributed by atoms with Gasteiger partial charge in [-0.05, 0) is 51.7 Å². The standard InChI is InChI=1S/C16H23ClN2O4.2C2H6/c1-16(2,3)23-15(20)18-13(9-10-17)11-12-5-4-6-14(8-7-12)19(21)22;2*1-2/h5-8,13H,4,9-11H2,1-3H3,(H,18,20);2*1-2H3/t13-;;/m1../s1. The van der Waals surface area contributed by atoms with Gasteiger partial charge in [0.15, 0.2) is 0 Å². The van der Waals surface area contributed by atoms with Crippen molar-refractivity contribution in [2.45, 2.75) is 79.4 Å². The topological polar surface area (TPSA) is 81.5 Å². The minimum absolute atomic E-state index is 0.0743. The van der Waals surface area contributed by atoms with Gasteiger partial charge >= 0.3 is 6.09 Å². The van der Waals surface area contributed by atoms with E-state index in [1.807, 2.05) is 33.8 Å². The number of nitrogens with one attached hydrogen (secondary N) is 1. The second-order valence-corrected chi connectivity index (χ2v) is 6.64. The molecule has 0 unspecified atom stereocenters. The van der Waals surface area contributed by atoms with E-state index in [9.17, 15) is 14.9 Å². The van der Waals surface area contributed by atoms with E-state index >= 15 is 0 Å². The molecule has 7 heteroatoms. The number of ether oxygens (including phenoxy) is 1. The predicted molar refractivity (Wildman–Crippen MR) is 113 cm³/mol. The van der Waals surface area contributed by atoms with Gasteiger partial charge in [-0.3, -0.25) is 10.1 Å². The maximum absolute atomic E-state index is 11.9. The van der Waals surface area contributed by atoms with Gasteiger partial charge in [0.2, 0.25) is 0 Å². The fourth-order valence-corrected chi connectivity index (χ4v) is 2.33. The number of nitrogens with zero attached hydrogens (tertiary/aromatic N) is 1. The molecule has 1 rings (SSSR count). The number of rotatable bonds is 6. The molecule has 6 nitrogen and oxygen atoms in total. The number of carbonyl (C=O) groups excluding carboxylic acids is 1. The van der Waals surface area contributed by atoms with Crippen molar-refractivity contribution in [1.82, 2.24) is 5.32 Å². The first-order valence-electron chi connectivity index (χ1n) is 9.48. The molecule has 27 heavy (non-hydrogen) atoms. The molecule has 1 atom stereocenters. The highest BCUT2D eigenvalue weighted by Crippen LogP contribution is 2.17. The van der Waals surface area contributed by atoms with E-state index in [-0.39, 0.29) is 11.7 Å². The van der Waals surface area contributed by atoms with Crippen LogP contribution in [0.4, 0.5) is 4.79 Å². The largest absolute Gasteiger partial charge is 0.444 e. The van der Waals surface area contributed by atoms with Crippen LogP contribution in [-0.2, 0) is 4.74 Å². The molecule has 0 aliphatic heterocycles. The summed E-state index contributed by atoms with van der Waals surface area (Å²) in [7, 11) is 0. The number of alkyl halides is 1. The van der Waals surface area contributed by atoms with Gasteiger partial charge in [-0.25, -0.2) is 4.79 Å². The van der Waals surface area contributed by atoms with Gasteiger partial charge < -0.3 is 10.1 Å². The van der Waals surface area contributed by atoms with E-state index in [1.165, 1.54) is 6.08 Å². The van der Waals surface area contributed by atoms with Crippen molar-refractivity contribution < 1.29 is 14.5 Å². The lowest BCUT2D eigenvalue weighted by Gasteiger charge is -2.23. The Kier molecular flexibility index (Phi) is 15.5. The molecular weight excluding hydrogens is 368 g/mol. The van der Waals surface area contributed by atoms with E-state index in [4.69, 9.17) is 16.3 Å². The number of halogens is 1. The molecule has 156 valence electrons. The first-order valence-corrected chi connectivity index (χ1v) is 10.0. The number of allylic oxidation sites excluding steroid dienone is 4. The number of hydrogen-bond donors (Lipinski definition) is 1. The van der Waals surface area contributed by atoms with Crippen molar-refractivity contribution >= 4 is 17.7 Å². The highest BCUT2D eigenvalue weighted by molar-refractivity contribution is 6.17. The number of hydrogen-bond acceptors (Lipinski definition) is 4. The van der Waals surface area contributed by atoms with E-state index in [0.29, 0.717) is 25.1 Å². The summed E-state index contributed by atoms with van der Waals surface area (Å²) < 4.78 is 5.25. The van der Waals surface area contributed by atoms with Crippen molar-refractivity contribution in [2.75, 3.05) is 5.88 Å². The van der Waals surface area contributed by atoms with Crippen LogP contribution in [0.2, 0.25) is 0 Å². The summed E-state index contributed by atoms with van der Waals surface area (Å²) in [5, 5.41) is 13.6. The van der Waals surface area contributed by atoms with E-state index < -0.39 is 16.6 Å². The van der Waals surface area contributed by atoms with Crippen molar-refractivity contribution in [3.05, 3.63) is 45.7 Å². The molecule has 1 N–H and O–H groups in total. The fraction of sp³-hybridized carbons (Fsp3) is 0.650. The SMILES string of the molecule is CC.CC.CC(C)(C)OC(=O)N[C@H](CCCl)CC1=CCC=C([N+](=O)[O-])C=C1. The van der Waals surface area contributed by atoms with Gasteiger partial charge in [0, 0.05) is 18.0 Å². The first-order chi connectivity index (χ1) is 12.7. The molecule has 0 spiro atoms. The zero-order chi connectivity index (χ0) is 21.5. The summed E-state index contributed by atoms with van der Waals surface area (Å²) in [5.41, 5.74) is 0.427. The molecular formula is C20H35ClN2O4. The molecule has 0 heterocycles. The fourth-order valence-electron chi connectivity index (χ4n) is 2.06. The van der Waals surface area contributed by atoms with Crippen LogP contribution in [0.3, 0.4) is 0 Å². The van der Waals surface area contributed by atoms with Crippen molar-refractivity contribution in [3.63, 3.8) is 0 Å². The summed E-state index contributed by atoms with van der Waals surface area (Å²) >= 11 is 5.80. The second-order valence-electron chi connectivity index (χ2n) is 6.26. The van der Waals surface area contributed by atoms with Crippen LogP contribution in [0.1, 0.15) is 67.7 Å². The maximum atomic E-state index is 11.9. The normalized spacial score (nSPS) is 14.1. The van der Waals surface area contributed by atoms with E-state index in [1.54, 1.807) is 32.9 Å². The van der Waals surface area contributed by atoms with E-state index in [2.05, 4.69) is 5.32 Å². The van der Waals surface area contributed by atoms with Gasteiger partial charge in [0.05, 0.1) is 4.92 Å². The molecule has 0 saturated heterocycles. The average Bonchev–Trinajstić information content (AvgIpc) is 2.82. The van der Waals surface area contributed by atoms with Gasteiger partial charge in [0.25, 0.3) is 5.70 Å². The average molecular weight is 403 g/mol. The lowest BCUT2D eigenvalue weighted by molar-refractivity contribution is -0.419. The monoisotopic (exact) mass is 402 g/mol. The van der Waals surface area contributed by atoms with Crippen LogP contribution < -0.4 is 5.32 Å². The molecule has 0 aromatic rings. The van der Waals surface area contributed by atoms with Crippen LogP contribution in [-0.4, -0.2) is 28.5 Å². The molecule has 1 aliphatic carbocycles. The Labute approximate surface area is 168 Å². The molecule has 1 amide bonds. The Balaban J connectivity index is 0. The highest BCUT2D eigenvalue weighted by Gasteiger charge is 2.20. The zero-order valence-corrected chi connectivity index (χ0v) is 18.4. The Morgan fingerprint density at radius 2 is 1.85 bits per heavy atom. The third-order valence-corrected chi connectivity index (χ3v) is 3.26. The summed E-state index contributed by atoms with van der Waals surface area (Å²) in [6.45, 7) is 13.4. The minimum Gasteiger partial charge on any atom is -0.444 e. The van der Waals surface area contributed by atoms with Gasteiger partial charge in [-0.1, -0.05) is 39.8 Å². The third kappa shape index (κ3) is 14.0. The summed E-state index contributed by atoms with van der Waals surface area (Å²) in [6, 6.07) is -0.185. The van der Waals surface area contributed by atoms with Crippen molar-refractivity contribution in [2.24, 2.45) is 0 Å². The lowest BCUT2D eigenvalue weighted by Crippen LogP contribution is -2.39. The zero-order valence-electron chi connectivity index (χ0n) is 17.7. The Morgan fingerprint density at radius 3 is 2.33 bits per heavy atom. The summed E-state index contributed by atoms with van der Waals surface area (Å²) in [6.07, 6.45) is 7.77. The molecule has 0 aromatic heterocycles. The maximum Gasteiger partial charge on any atom is 0.407 e. The van der Waals surface area contributed by atoms with Gasteiger partial charge in [-0.15, -0.1) is 11.6 Å². The van der Waals surface area contributed by atoms with Crippen molar-refractivity contribution in [3.8, 4) is 0 Å². The number of alkyl carbamates (subject to hydrolysis) is 1. The summed E-state index contributed by atoms with van der Waals surface area (Å²) in [5.74, 6) is 0.399. The number of nitro groups is 1. The molecule has 0 aromatic carbocycles.